The minimum absolute atomic E-state index is 0.309. The van der Waals surface area contributed by atoms with E-state index in [0.29, 0.717) is 13.1 Å². The predicted octanol–water partition coefficient (Wildman–Crippen LogP) is -0.665. The smallest absolute Gasteiger partial charge is 0.318 e. The standard InChI is InChI=1S/C6H6N3O3S/c10-3-4(13-6(12)8-3)9-2-1-7-5(9)11/h4H,1-2H2,(H,7,11). The third-order valence-electron chi connectivity index (χ3n) is 1.80. The number of carbonyl (C=O) groups is 3. The number of rotatable bonds is 1. The van der Waals surface area contributed by atoms with Crippen LogP contribution >= 0.6 is 11.8 Å². The fourth-order valence-electron chi connectivity index (χ4n) is 1.22. The maximum Gasteiger partial charge on any atom is 0.318 e. The van der Waals surface area contributed by atoms with Gasteiger partial charge in [-0.2, -0.15) is 5.32 Å². The van der Waals surface area contributed by atoms with Crippen LogP contribution in [0.4, 0.5) is 9.59 Å². The number of carbonyl (C=O) groups excluding carboxylic acids is 3. The highest BCUT2D eigenvalue weighted by atomic mass is 32.2. The molecule has 0 spiro atoms. The van der Waals surface area contributed by atoms with Crippen molar-refractivity contribution < 1.29 is 14.4 Å². The van der Waals surface area contributed by atoms with Crippen LogP contribution in [0.1, 0.15) is 0 Å². The van der Waals surface area contributed by atoms with E-state index in [1.807, 2.05) is 0 Å². The van der Waals surface area contributed by atoms with Gasteiger partial charge in [-0.1, -0.05) is 0 Å². The first-order valence-corrected chi connectivity index (χ1v) is 4.57. The molecular weight excluding hydrogens is 194 g/mol. The summed E-state index contributed by atoms with van der Waals surface area (Å²) in [5.74, 6) is -0.535. The van der Waals surface area contributed by atoms with Crippen molar-refractivity contribution in [3.05, 3.63) is 0 Å². The van der Waals surface area contributed by atoms with Crippen LogP contribution in [-0.2, 0) is 4.79 Å². The van der Waals surface area contributed by atoms with Crippen molar-refractivity contribution in [2.75, 3.05) is 13.1 Å². The molecular formula is C6H6N3O3S. The average molecular weight is 200 g/mol. The van der Waals surface area contributed by atoms with E-state index in [-0.39, 0.29) is 6.03 Å². The number of nitrogens with zero attached hydrogens (tertiary/aromatic N) is 2. The quantitative estimate of drug-likeness (QED) is 0.609. The van der Waals surface area contributed by atoms with Gasteiger partial charge in [-0.25, -0.2) is 4.79 Å². The molecule has 0 bridgehead atoms. The molecule has 2 aliphatic heterocycles. The molecule has 7 heteroatoms. The molecule has 1 unspecified atom stereocenters. The fraction of sp³-hybridized carbons (Fsp3) is 0.500. The van der Waals surface area contributed by atoms with E-state index in [4.69, 9.17) is 0 Å². The zero-order chi connectivity index (χ0) is 9.42. The van der Waals surface area contributed by atoms with Gasteiger partial charge < -0.3 is 10.2 Å². The number of hydrogen-bond acceptors (Lipinski definition) is 4. The van der Waals surface area contributed by atoms with Crippen molar-refractivity contribution in [1.82, 2.24) is 15.5 Å². The summed E-state index contributed by atoms with van der Waals surface area (Å²) in [6.07, 6.45) is 0. The second-order valence-corrected chi connectivity index (χ2v) is 3.64. The summed E-state index contributed by atoms with van der Waals surface area (Å²) in [6.45, 7) is 0.961. The van der Waals surface area contributed by atoms with E-state index < -0.39 is 16.5 Å². The van der Waals surface area contributed by atoms with Crippen molar-refractivity contribution in [3.8, 4) is 0 Å². The molecule has 1 N–H and O–H groups in total. The van der Waals surface area contributed by atoms with Crippen molar-refractivity contribution in [2.24, 2.45) is 0 Å². The SMILES string of the molecule is O=C1[N]C(=O)C(N2CCNC2=O)S1. The van der Waals surface area contributed by atoms with Crippen LogP contribution in [0.5, 0.6) is 0 Å². The summed E-state index contributed by atoms with van der Waals surface area (Å²) in [5, 5.41) is 4.50. The monoisotopic (exact) mass is 200 g/mol. The molecule has 6 nitrogen and oxygen atoms in total. The summed E-state index contributed by atoms with van der Waals surface area (Å²) < 4.78 is 0. The van der Waals surface area contributed by atoms with Crippen molar-refractivity contribution in [1.29, 1.82) is 0 Å². The summed E-state index contributed by atoms with van der Waals surface area (Å²) in [5.41, 5.74) is 0. The third kappa shape index (κ3) is 1.35. The first-order chi connectivity index (χ1) is 6.18. The molecule has 0 saturated carbocycles. The largest absolute Gasteiger partial charge is 0.336 e. The van der Waals surface area contributed by atoms with Gasteiger partial charge in [-0.3, -0.25) is 9.59 Å². The van der Waals surface area contributed by atoms with E-state index in [9.17, 15) is 14.4 Å². The average Bonchev–Trinajstić information content (AvgIpc) is 2.58. The Bertz CT molecular complexity index is 293. The van der Waals surface area contributed by atoms with E-state index >= 15 is 0 Å². The van der Waals surface area contributed by atoms with Gasteiger partial charge >= 0.3 is 11.3 Å². The number of amides is 4. The third-order valence-corrected chi connectivity index (χ3v) is 2.77. The lowest BCUT2D eigenvalue weighted by molar-refractivity contribution is -0.121. The van der Waals surface area contributed by atoms with Crippen LogP contribution in [0.15, 0.2) is 0 Å². The topological polar surface area (TPSA) is 80.6 Å². The second-order valence-electron chi connectivity index (χ2n) is 2.61. The van der Waals surface area contributed by atoms with Gasteiger partial charge in [0.05, 0.1) is 0 Å². The molecule has 13 heavy (non-hydrogen) atoms. The van der Waals surface area contributed by atoms with E-state index in [2.05, 4.69) is 10.6 Å². The molecule has 2 aliphatic rings. The zero-order valence-electron chi connectivity index (χ0n) is 6.52. The van der Waals surface area contributed by atoms with Crippen LogP contribution in [0.25, 0.3) is 0 Å². The number of nitrogens with one attached hydrogen (secondary N) is 1. The lowest BCUT2D eigenvalue weighted by Gasteiger charge is -2.17. The molecule has 0 aromatic heterocycles. The minimum atomic E-state index is -0.741. The zero-order valence-corrected chi connectivity index (χ0v) is 7.34. The van der Waals surface area contributed by atoms with Crippen LogP contribution in [0.2, 0.25) is 0 Å². The van der Waals surface area contributed by atoms with E-state index in [1.54, 1.807) is 0 Å². The lowest BCUT2D eigenvalue weighted by atomic mass is 10.5. The number of thioether (sulfide) groups is 1. The molecule has 2 saturated heterocycles. The Kier molecular flexibility index (Phi) is 1.87. The Balaban J connectivity index is 2.12. The van der Waals surface area contributed by atoms with Gasteiger partial charge in [0.2, 0.25) is 0 Å². The van der Waals surface area contributed by atoms with Gasteiger partial charge in [0.1, 0.15) is 0 Å². The van der Waals surface area contributed by atoms with E-state index in [0.717, 1.165) is 11.8 Å². The van der Waals surface area contributed by atoms with Gasteiger partial charge in [0, 0.05) is 13.1 Å². The molecule has 0 aliphatic carbocycles. The normalized spacial score (nSPS) is 27.8. The number of urea groups is 1. The summed E-state index contributed by atoms with van der Waals surface area (Å²) in [7, 11) is 0. The number of hydrogen-bond donors (Lipinski definition) is 1. The highest BCUT2D eigenvalue weighted by Gasteiger charge is 2.41. The Labute approximate surface area is 78.0 Å². The second kappa shape index (κ2) is 2.91. The molecule has 1 radical (unpaired) electrons. The minimum Gasteiger partial charge on any atom is -0.336 e. The fourth-order valence-corrected chi connectivity index (χ4v) is 2.04. The number of imide groups is 1. The van der Waals surface area contributed by atoms with Gasteiger partial charge in [-0.05, 0) is 11.8 Å². The van der Waals surface area contributed by atoms with Crippen LogP contribution < -0.4 is 10.6 Å². The van der Waals surface area contributed by atoms with Crippen molar-refractivity contribution in [3.63, 3.8) is 0 Å². The highest BCUT2D eigenvalue weighted by Crippen LogP contribution is 2.24. The Morgan fingerprint density at radius 3 is 2.69 bits per heavy atom. The molecule has 0 aromatic carbocycles. The predicted molar refractivity (Wildman–Crippen MR) is 44.0 cm³/mol. The molecule has 1 atom stereocenters. The van der Waals surface area contributed by atoms with Crippen molar-refractivity contribution in [2.45, 2.75) is 5.37 Å². The molecule has 2 fully saturated rings. The molecule has 2 rings (SSSR count). The van der Waals surface area contributed by atoms with Crippen molar-refractivity contribution >= 4 is 28.9 Å². The summed E-state index contributed by atoms with van der Waals surface area (Å²) in [6, 6.07) is -0.309. The van der Waals surface area contributed by atoms with Gasteiger partial charge in [0.25, 0.3) is 5.91 Å². The Morgan fingerprint density at radius 1 is 1.46 bits per heavy atom. The summed E-state index contributed by atoms with van der Waals surface area (Å²) >= 11 is 0.785. The first-order valence-electron chi connectivity index (χ1n) is 3.69. The first kappa shape index (κ1) is 8.36. The molecule has 4 amide bonds. The molecule has 2 heterocycles. The van der Waals surface area contributed by atoms with Gasteiger partial charge in [-0.15, -0.1) is 0 Å². The maximum atomic E-state index is 11.1. The highest BCUT2D eigenvalue weighted by molar-refractivity contribution is 8.15. The Morgan fingerprint density at radius 2 is 2.23 bits per heavy atom. The maximum absolute atomic E-state index is 11.1. The van der Waals surface area contributed by atoms with Crippen LogP contribution in [0, 0.1) is 0 Å². The Hall–Kier alpha value is -1.24. The lowest BCUT2D eigenvalue weighted by Crippen LogP contribution is -2.40. The molecule has 69 valence electrons. The molecule has 0 aromatic rings. The van der Waals surface area contributed by atoms with E-state index in [1.165, 1.54) is 4.90 Å². The van der Waals surface area contributed by atoms with Crippen LogP contribution in [-0.4, -0.2) is 40.5 Å². The van der Waals surface area contributed by atoms with Gasteiger partial charge in [0.15, 0.2) is 5.37 Å². The summed E-state index contributed by atoms with van der Waals surface area (Å²) in [4.78, 5) is 34.3. The van der Waals surface area contributed by atoms with Crippen LogP contribution in [0.3, 0.4) is 0 Å².